The average Bonchev–Trinajstić information content (AvgIpc) is 2.55. The zero-order valence-electron chi connectivity index (χ0n) is 9.19. The van der Waals surface area contributed by atoms with Crippen molar-refractivity contribution >= 4 is 11.8 Å². The van der Waals surface area contributed by atoms with Crippen molar-refractivity contribution in [1.82, 2.24) is 4.90 Å². The van der Waals surface area contributed by atoms with Gasteiger partial charge >= 0.3 is 0 Å². The molecule has 2 atom stereocenters. The fourth-order valence-electron chi connectivity index (χ4n) is 2.43. The van der Waals surface area contributed by atoms with Crippen LogP contribution in [0.3, 0.4) is 0 Å². The van der Waals surface area contributed by atoms with Crippen LogP contribution in [0.15, 0.2) is 12.2 Å². The van der Waals surface area contributed by atoms with E-state index in [1.165, 1.54) is 4.90 Å². The standard InChI is InChI=1S/C13H15NO2/c1-2-3-6-9-14-12(15)10-7-4-5-8-11(10)13(14)16/h1,4-5,10-11H,3,6-9H2. The van der Waals surface area contributed by atoms with E-state index in [0.717, 1.165) is 0 Å². The van der Waals surface area contributed by atoms with Crippen LogP contribution in [0.4, 0.5) is 0 Å². The highest BCUT2D eigenvalue weighted by atomic mass is 16.2. The molecule has 2 aliphatic rings. The van der Waals surface area contributed by atoms with Gasteiger partial charge in [0.1, 0.15) is 0 Å². The first kappa shape index (κ1) is 10.9. The molecule has 1 fully saturated rings. The maximum Gasteiger partial charge on any atom is 0.233 e. The third kappa shape index (κ3) is 1.76. The van der Waals surface area contributed by atoms with Gasteiger partial charge in [0.15, 0.2) is 0 Å². The average molecular weight is 217 g/mol. The Balaban J connectivity index is 2.03. The largest absolute Gasteiger partial charge is 0.282 e. The summed E-state index contributed by atoms with van der Waals surface area (Å²) in [5.41, 5.74) is 0. The topological polar surface area (TPSA) is 37.4 Å². The van der Waals surface area contributed by atoms with Crippen molar-refractivity contribution in [3.8, 4) is 12.3 Å². The van der Waals surface area contributed by atoms with Crippen molar-refractivity contribution in [2.75, 3.05) is 6.54 Å². The number of hydrogen-bond acceptors (Lipinski definition) is 2. The van der Waals surface area contributed by atoms with E-state index >= 15 is 0 Å². The van der Waals surface area contributed by atoms with E-state index in [9.17, 15) is 9.59 Å². The Labute approximate surface area is 95.5 Å². The minimum atomic E-state index is -0.108. The summed E-state index contributed by atoms with van der Waals surface area (Å²) >= 11 is 0. The molecule has 1 heterocycles. The van der Waals surface area contributed by atoms with Crippen molar-refractivity contribution in [3.63, 3.8) is 0 Å². The van der Waals surface area contributed by atoms with Crippen molar-refractivity contribution in [1.29, 1.82) is 0 Å². The molecule has 0 saturated carbocycles. The van der Waals surface area contributed by atoms with Gasteiger partial charge in [-0.3, -0.25) is 14.5 Å². The third-order valence-electron chi connectivity index (χ3n) is 3.30. The van der Waals surface area contributed by atoms with Crippen LogP contribution in [0.2, 0.25) is 0 Å². The molecule has 0 bridgehead atoms. The number of fused-ring (bicyclic) bond motifs is 1. The molecule has 1 aliphatic heterocycles. The van der Waals surface area contributed by atoms with E-state index in [4.69, 9.17) is 6.42 Å². The van der Waals surface area contributed by atoms with Gasteiger partial charge in [0.2, 0.25) is 11.8 Å². The smallest absolute Gasteiger partial charge is 0.233 e. The number of terminal acetylenes is 1. The van der Waals surface area contributed by atoms with Crippen LogP contribution in [-0.4, -0.2) is 23.3 Å². The second kappa shape index (κ2) is 4.52. The molecule has 1 saturated heterocycles. The highest BCUT2D eigenvalue weighted by molar-refractivity contribution is 6.05. The quantitative estimate of drug-likeness (QED) is 0.310. The second-order valence-electron chi connectivity index (χ2n) is 4.29. The fraction of sp³-hybridized carbons (Fsp3) is 0.538. The van der Waals surface area contributed by atoms with Crippen LogP contribution in [0.5, 0.6) is 0 Å². The summed E-state index contributed by atoms with van der Waals surface area (Å²) in [6.45, 7) is 0.481. The highest BCUT2D eigenvalue weighted by Crippen LogP contribution is 2.34. The number of hydrogen-bond donors (Lipinski definition) is 0. The Hall–Kier alpha value is -1.56. The molecule has 2 rings (SSSR count). The lowest BCUT2D eigenvalue weighted by atomic mass is 9.85. The predicted octanol–water partition coefficient (Wildman–Crippen LogP) is 1.35. The van der Waals surface area contributed by atoms with Gasteiger partial charge in [0.25, 0.3) is 0 Å². The van der Waals surface area contributed by atoms with Gasteiger partial charge in [0, 0.05) is 13.0 Å². The van der Waals surface area contributed by atoms with E-state index < -0.39 is 0 Å². The van der Waals surface area contributed by atoms with Gasteiger partial charge in [0.05, 0.1) is 11.8 Å². The number of nitrogens with zero attached hydrogens (tertiary/aromatic N) is 1. The Bertz CT molecular complexity index is 352. The lowest BCUT2D eigenvalue weighted by Gasteiger charge is -2.14. The van der Waals surface area contributed by atoms with Gasteiger partial charge in [-0.25, -0.2) is 0 Å². The normalized spacial score (nSPS) is 28.1. The van der Waals surface area contributed by atoms with E-state index in [1.807, 2.05) is 12.2 Å². The van der Waals surface area contributed by atoms with Crippen LogP contribution >= 0.6 is 0 Å². The summed E-state index contributed by atoms with van der Waals surface area (Å²) in [4.78, 5) is 25.3. The van der Waals surface area contributed by atoms with Gasteiger partial charge in [-0.1, -0.05) is 12.2 Å². The van der Waals surface area contributed by atoms with Crippen molar-refractivity contribution in [3.05, 3.63) is 12.2 Å². The summed E-state index contributed by atoms with van der Waals surface area (Å²) in [5.74, 6) is 2.30. The number of amides is 2. The van der Waals surface area contributed by atoms with E-state index in [2.05, 4.69) is 5.92 Å². The molecule has 3 heteroatoms. The number of rotatable bonds is 3. The Morgan fingerprint density at radius 2 is 1.81 bits per heavy atom. The summed E-state index contributed by atoms with van der Waals surface area (Å²) in [5, 5.41) is 0. The number of likely N-dealkylation sites (tertiary alicyclic amines) is 1. The Kier molecular flexibility index (Phi) is 3.09. The Morgan fingerprint density at radius 1 is 1.25 bits per heavy atom. The summed E-state index contributed by atoms with van der Waals surface area (Å²) < 4.78 is 0. The number of carbonyl (C=O) groups is 2. The molecule has 0 spiro atoms. The first-order chi connectivity index (χ1) is 7.75. The van der Waals surface area contributed by atoms with Gasteiger partial charge in [-0.15, -0.1) is 12.3 Å². The van der Waals surface area contributed by atoms with E-state index in [-0.39, 0.29) is 23.7 Å². The molecule has 2 unspecified atom stereocenters. The zero-order valence-corrected chi connectivity index (χ0v) is 9.19. The fourth-order valence-corrected chi connectivity index (χ4v) is 2.43. The molecular formula is C13H15NO2. The molecule has 0 aromatic heterocycles. The maximum atomic E-state index is 12.0. The molecule has 2 amide bonds. The summed E-state index contributed by atoms with van der Waals surface area (Å²) in [6, 6.07) is 0. The third-order valence-corrected chi connectivity index (χ3v) is 3.30. The van der Waals surface area contributed by atoms with Crippen LogP contribution in [0.1, 0.15) is 25.7 Å². The van der Waals surface area contributed by atoms with Gasteiger partial charge < -0.3 is 0 Å². The highest BCUT2D eigenvalue weighted by Gasteiger charge is 2.46. The minimum absolute atomic E-state index is 0.00336. The molecule has 1 aliphatic carbocycles. The molecule has 84 valence electrons. The second-order valence-corrected chi connectivity index (χ2v) is 4.29. The number of imide groups is 1. The first-order valence-corrected chi connectivity index (χ1v) is 5.69. The molecule has 0 N–H and O–H groups in total. The molecule has 0 aromatic rings. The van der Waals surface area contributed by atoms with Crippen molar-refractivity contribution in [2.45, 2.75) is 25.7 Å². The molecule has 16 heavy (non-hydrogen) atoms. The van der Waals surface area contributed by atoms with E-state index in [0.29, 0.717) is 32.2 Å². The van der Waals surface area contributed by atoms with E-state index in [1.54, 1.807) is 0 Å². The minimum Gasteiger partial charge on any atom is -0.282 e. The lowest BCUT2D eigenvalue weighted by Crippen LogP contribution is -2.32. The Morgan fingerprint density at radius 3 is 2.31 bits per heavy atom. The van der Waals surface area contributed by atoms with Crippen molar-refractivity contribution < 1.29 is 9.59 Å². The SMILES string of the molecule is C#CCCCN1C(=O)C2CC=CCC2C1=O. The number of carbonyl (C=O) groups excluding carboxylic acids is 2. The lowest BCUT2D eigenvalue weighted by molar-refractivity contribution is -0.139. The van der Waals surface area contributed by atoms with Crippen LogP contribution < -0.4 is 0 Å². The monoisotopic (exact) mass is 217 g/mol. The molecule has 0 aromatic carbocycles. The van der Waals surface area contributed by atoms with Crippen LogP contribution in [0, 0.1) is 24.2 Å². The van der Waals surface area contributed by atoms with Crippen LogP contribution in [0.25, 0.3) is 0 Å². The van der Waals surface area contributed by atoms with Crippen LogP contribution in [-0.2, 0) is 9.59 Å². The van der Waals surface area contributed by atoms with Crippen molar-refractivity contribution in [2.24, 2.45) is 11.8 Å². The maximum absolute atomic E-state index is 12.0. The summed E-state index contributed by atoms with van der Waals surface area (Å²) in [7, 11) is 0. The van der Waals surface area contributed by atoms with Gasteiger partial charge in [-0.05, 0) is 19.3 Å². The van der Waals surface area contributed by atoms with Gasteiger partial charge in [-0.2, -0.15) is 0 Å². The molecule has 3 nitrogen and oxygen atoms in total. The number of unbranched alkanes of at least 4 members (excludes halogenated alkanes) is 1. The zero-order chi connectivity index (χ0) is 11.5. The summed E-state index contributed by atoms with van der Waals surface area (Å²) in [6.07, 6.45) is 11.9. The first-order valence-electron chi connectivity index (χ1n) is 5.69. The molecule has 0 radical (unpaired) electrons. The predicted molar refractivity (Wildman–Crippen MR) is 60.1 cm³/mol. The number of allylic oxidation sites excluding steroid dienone is 2. The molecular weight excluding hydrogens is 202 g/mol.